The lowest BCUT2D eigenvalue weighted by Crippen LogP contribution is -2.16. The van der Waals surface area contributed by atoms with Crippen molar-refractivity contribution in [3.63, 3.8) is 0 Å². The standard InChI is InChI=1S/C22H27BrO2/c1-21(2,3)15-11-14(12-16(13-15)22(4,5)6)17-9-8-10-18(23)19(17)20(24)25-7/h8-13H,1-7H3. The number of rotatable bonds is 2. The summed E-state index contributed by atoms with van der Waals surface area (Å²) in [6.07, 6.45) is 0. The Balaban J connectivity index is 2.80. The first-order valence-electron chi connectivity index (χ1n) is 8.48. The fourth-order valence-electron chi connectivity index (χ4n) is 2.72. The molecule has 0 atom stereocenters. The van der Waals surface area contributed by atoms with Crippen molar-refractivity contribution >= 4 is 21.9 Å². The predicted molar refractivity (Wildman–Crippen MR) is 108 cm³/mol. The van der Waals surface area contributed by atoms with Gasteiger partial charge in [0.2, 0.25) is 0 Å². The van der Waals surface area contributed by atoms with Crippen LogP contribution in [0.2, 0.25) is 0 Å². The Morgan fingerprint density at radius 3 is 1.88 bits per heavy atom. The van der Waals surface area contributed by atoms with Gasteiger partial charge in [-0.2, -0.15) is 0 Å². The van der Waals surface area contributed by atoms with E-state index in [1.54, 1.807) is 0 Å². The summed E-state index contributed by atoms with van der Waals surface area (Å²) in [5.41, 5.74) is 5.05. The largest absolute Gasteiger partial charge is 0.465 e. The summed E-state index contributed by atoms with van der Waals surface area (Å²) in [5.74, 6) is -0.332. The molecule has 0 aliphatic rings. The smallest absolute Gasteiger partial charge is 0.339 e. The van der Waals surface area contributed by atoms with Crippen molar-refractivity contribution in [1.29, 1.82) is 0 Å². The zero-order chi connectivity index (χ0) is 19.0. The lowest BCUT2D eigenvalue weighted by atomic mass is 9.78. The number of carbonyl (C=O) groups excluding carboxylic acids is 1. The molecule has 134 valence electrons. The van der Waals surface area contributed by atoms with Crippen molar-refractivity contribution in [3.8, 4) is 11.1 Å². The van der Waals surface area contributed by atoms with Crippen LogP contribution in [0.3, 0.4) is 0 Å². The summed E-state index contributed by atoms with van der Waals surface area (Å²) < 4.78 is 5.75. The Hall–Kier alpha value is -1.61. The molecule has 0 fully saturated rings. The third-order valence-electron chi connectivity index (χ3n) is 4.38. The number of hydrogen-bond donors (Lipinski definition) is 0. The molecule has 0 unspecified atom stereocenters. The van der Waals surface area contributed by atoms with Gasteiger partial charge in [0.1, 0.15) is 0 Å². The second kappa shape index (κ2) is 6.95. The van der Waals surface area contributed by atoms with E-state index in [0.717, 1.165) is 15.6 Å². The van der Waals surface area contributed by atoms with Gasteiger partial charge in [-0.3, -0.25) is 0 Å². The van der Waals surface area contributed by atoms with Crippen molar-refractivity contribution in [2.45, 2.75) is 52.4 Å². The molecular weight excluding hydrogens is 376 g/mol. The average molecular weight is 403 g/mol. The van der Waals surface area contributed by atoms with Crippen LogP contribution in [-0.4, -0.2) is 13.1 Å². The summed E-state index contributed by atoms with van der Waals surface area (Å²) >= 11 is 3.50. The fourth-order valence-corrected chi connectivity index (χ4v) is 3.25. The van der Waals surface area contributed by atoms with Gasteiger partial charge in [0.15, 0.2) is 0 Å². The van der Waals surface area contributed by atoms with Crippen LogP contribution in [-0.2, 0) is 15.6 Å². The first-order chi connectivity index (χ1) is 11.4. The molecule has 3 heteroatoms. The molecule has 0 spiro atoms. The number of halogens is 1. The maximum Gasteiger partial charge on any atom is 0.339 e. The minimum atomic E-state index is -0.332. The molecule has 0 radical (unpaired) electrons. The Morgan fingerprint density at radius 1 is 0.920 bits per heavy atom. The predicted octanol–water partition coefficient (Wildman–Crippen LogP) is 6.50. The first-order valence-corrected chi connectivity index (χ1v) is 9.27. The van der Waals surface area contributed by atoms with Gasteiger partial charge in [-0.05, 0) is 55.1 Å². The highest BCUT2D eigenvalue weighted by Crippen LogP contribution is 2.36. The van der Waals surface area contributed by atoms with Gasteiger partial charge >= 0.3 is 5.97 Å². The van der Waals surface area contributed by atoms with Gasteiger partial charge in [0.05, 0.1) is 12.7 Å². The van der Waals surface area contributed by atoms with Crippen LogP contribution >= 0.6 is 15.9 Å². The Kier molecular flexibility index (Phi) is 5.48. The highest BCUT2D eigenvalue weighted by molar-refractivity contribution is 9.10. The molecule has 2 rings (SSSR count). The van der Waals surface area contributed by atoms with E-state index in [1.165, 1.54) is 18.2 Å². The topological polar surface area (TPSA) is 26.3 Å². The van der Waals surface area contributed by atoms with Crippen molar-refractivity contribution in [2.75, 3.05) is 7.11 Å². The Morgan fingerprint density at radius 2 is 1.44 bits per heavy atom. The number of esters is 1. The SMILES string of the molecule is COC(=O)c1c(Br)cccc1-c1cc(C(C)(C)C)cc(C(C)(C)C)c1. The molecule has 2 aromatic carbocycles. The molecule has 2 aromatic rings. The first kappa shape index (κ1) is 19.7. The van der Waals surface area contributed by atoms with Crippen molar-refractivity contribution < 1.29 is 9.53 Å². The monoisotopic (exact) mass is 402 g/mol. The molecule has 0 amide bonds. The minimum absolute atomic E-state index is 0.0213. The highest BCUT2D eigenvalue weighted by Gasteiger charge is 2.23. The van der Waals surface area contributed by atoms with E-state index < -0.39 is 0 Å². The maximum absolute atomic E-state index is 12.3. The molecule has 0 aliphatic heterocycles. The number of methoxy groups -OCH3 is 1. The lowest BCUT2D eigenvalue weighted by Gasteiger charge is -2.26. The summed E-state index contributed by atoms with van der Waals surface area (Å²) in [6.45, 7) is 13.3. The van der Waals surface area contributed by atoms with E-state index in [0.29, 0.717) is 5.56 Å². The van der Waals surface area contributed by atoms with E-state index in [-0.39, 0.29) is 16.8 Å². The lowest BCUT2D eigenvalue weighted by molar-refractivity contribution is 0.0600. The second-order valence-corrected chi connectivity index (χ2v) is 9.31. The Bertz CT molecular complexity index is 760. The van der Waals surface area contributed by atoms with Crippen LogP contribution in [0.1, 0.15) is 63.0 Å². The normalized spacial score (nSPS) is 12.2. The zero-order valence-corrected chi connectivity index (χ0v) is 17.7. The third kappa shape index (κ3) is 4.33. The van der Waals surface area contributed by atoms with Crippen molar-refractivity contribution in [3.05, 3.63) is 57.6 Å². The zero-order valence-electron chi connectivity index (χ0n) is 16.2. The van der Waals surface area contributed by atoms with Crippen molar-refractivity contribution in [2.24, 2.45) is 0 Å². The molecule has 0 saturated carbocycles. The van der Waals surface area contributed by atoms with Crippen molar-refractivity contribution in [1.82, 2.24) is 0 Å². The molecule has 0 heterocycles. The van der Waals surface area contributed by atoms with E-state index in [1.807, 2.05) is 18.2 Å². The second-order valence-electron chi connectivity index (χ2n) is 8.45. The molecule has 0 aromatic heterocycles. The number of carbonyl (C=O) groups is 1. The number of benzene rings is 2. The number of ether oxygens (including phenoxy) is 1. The van der Waals surface area contributed by atoms with Crippen LogP contribution in [0.4, 0.5) is 0 Å². The van der Waals surface area contributed by atoms with Crippen LogP contribution in [0.15, 0.2) is 40.9 Å². The van der Waals surface area contributed by atoms with E-state index in [4.69, 9.17) is 4.74 Å². The van der Waals surface area contributed by atoms with Gasteiger partial charge < -0.3 is 4.74 Å². The highest BCUT2D eigenvalue weighted by atomic mass is 79.9. The van der Waals surface area contributed by atoms with Crippen LogP contribution < -0.4 is 0 Å². The van der Waals surface area contributed by atoms with Gasteiger partial charge in [-0.25, -0.2) is 4.79 Å². The van der Waals surface area contributed by atoms with Gasteiger partial charge in [0.25, 0.3) is 0 Å². The van der Waals surface area contributed by atoms with E-state index in [2.05, 4.69) is 75.7 Å². The third-order valence-corrected chi connectivity index (χ3v) is 5.04. The van der Waals surface area contributed by atoms with Gasteiger partial charge in [-0.1, -0.05) is 71.9 Å². The Labute approximate surface area is 159 Å². The van der Waals surface area contributed by atoms with Gasteiger partial charge in [-0.15, -0.1) is 0 Å². The van der Waals surface area contributed by atoms with Crippen LogP contribution in [0.25, 0.3) is 11.1 Å². The maximum atomic E-state index is 12.3. The number of hydrogen-bond acceptors (Lipinski definition) is 2. The summed E-state index contributed by atoms with van der Waals surface area (Å²) in [6, 6.07) is 12.4. The van der Waals surface area contributed by atoms with Crippen LogP contribution in [0.5, 0.6) is 0 Å². The van der Waals surface area contributed by atoms with E-state index >= 15 is 0 Å². The van der Waals surface area contributed by atoms with Crippen LogP contribution in [0, 0.1) is 0 Å². The summed E-state index contributed by atoms with van der Waals surface area (Å²) in [4.78, 5) is 12.3. The average Bonchev–Trinajstić information content (AvgIpc) is 2.51. The molecular formula is C22H27BrO2. The minimum Gasteiger partial charge on any atom is -0.465 e. The van der Waals surface area contributed by atoms with Gasteiger partial charge in [0, 0.05) is 4.47 Å². The molecule has 0 N–H and O–H groups in total. The molecule has 0 bridgehead atoms. The summed E-state index contributed by atoms with van der Waals surface area (Å²) in [7, 11) is 1.41. The van der Waals surface area contributed by atoms with E-state index in [9.17, 15) is 4.79 Å². The molecule has 0 saturated heterocycles. The molecule has 0 aliphatic carbocycles. The fraction of sp³-hybridized carbons (Fsp3) is 0.409. The molecule has 25 heavy (non-hydrogen) atoms. The summed E-state index contributed by atoms with van der Waals surface area (Å²) in [5, 5.41) is 0. The molecule has 2 nitrogen and oxygen atoms in total. The quantitative estimate of drug-likeness (QED) is 0.535.